The van der Waals surface area contributed by atoms with Gasteiger partial charge in [-0.25, -0.2) is 0 Å². The molecule has 2 unspecified atom stereocenters. The molecule has 0 radical (unpaired) electrons. The van der Waals surface area contributed by atoms with E-state index in [1.807, 2.05) is 0 Å². The summed E-state index contributed by atoms with van der Waals surface area (Å²) in [5.41, 5.74) is 6.01. The van der Waals surface area contributed by atoms with Crippen LogP contribution in [0.3, 0.4) is 0 Å². The van der Waals surface area contributed by atoms with Crippen molar-refractivity contribution < 1.29 is 17.4 Å². The molecule has 27 heavy (non-hydrogen) atoms. The van der Waals surface area contributed by atoms with Gasteiger partial charge in [0.1, 0.15) is 0 Å². The van der Waals surface area contributed by atoms with E-state index in [1.165, 1.54) is 33.7 Å². The van der Waals surface area contributed by atoms with Crippen molar-refractivity contribution in [2.45, 2.75) is 35.8 Å². The van der Waals surface area contributed by atoms with E-state index in [4.69, 9.17) is 0 Å². The second kappa shape index (κ2) is 8.54. The first kappa shape index (κ1) is 22.9. The number of allylic oxidation sites excluding steroid dienone is 2. The molecule has 0 nitrogen and oxygen atoms in total. The Hall–Kier alpha value is -0.400. The maximum atomic E-state index is 2.68. The van der Waals surface area contributed by atoms with Crippen LogP contribution in [0, 0.1) is 0 Å². The van der Waals surface area contributed by atoms with Gasteiger partial charge in [-0.1, -0.05) is 0 Å². The molecular weight excluding hydrogens is 466 g/mol. The van der Waals surface area contributed by atoms with Crippen LogP contribution in [0.2, 0.25) is 13.4 Å². The molecule has 0 saturated heterocycles. The molecule has 0 N–H and O–H groups in total. The summed E-state index contributed by atoms with van der Waals surface area (Å²) in [6.45, 7) is 2.41. The molecule has 0 amide bonds. The van der Waals surface area contributed by atoms with E-state index < -0.39 is 17.4 Å². The van der Waals surface area contributed by atoms with Gasteiger partial charge < -0.3 is 0 Å². The van der Waals surface area contributed by atoms with Crippen LogP contribution in [0.4, 0.5) is 0 Å². The van der Waals surface area contributed by atoms with Gasteiger partial charge in [0, 0.05) is 0 Å². The molecule has 0 bridgehead atoms. The van der Waals surface area contributed by atoms with Gasteiger partial charge in [-0.15, -0.1) is 24.8 Å². The molecule has 4 rings (SSSR count). The van der Waals surface area contributed by atoms with Crippen molar-refractivity contribution in [2.24, 2.45) is 0 Å². The van der Waals surface area contributed by atoms with Gasteiger partial charge in [0.2, 0.25) is 0 Å². The molecule has 144 valence electrons. The van der Waals surface area contributed by atoms with Gasteiger partial charge in [0.05, 0.1) is 0 Å². The average molecular weight is 497 g/mol. The van der Waals surface area contributed by atoms with Crippen LogP contribution in [0.15, 0.2) is 60.7 Å². The number of benzene rings is 2. The van der Waals surface area contributed by atoms with Crippen molar-refractivity contribution in [1.29, 1.82) is 0 Å². The van der Waals surface area contributed by atoms with Crippen LogP contribution in [-0.2, 0) is 17.4 Å². The first-order valence-electron chi connectivity index (χ1n) is 9.55. The van der Waals surface area contributed by atoms with Gasteiger partial charge in [-0.3, -0.25) is 0 Å². The van der Waals surface area contributed by atoms with Crippen molar-refractivity contribution >= 4 is 43.8 Å². The molecule has 2 atom stereocenters. The fraction of sp³-hybridized carbons (Fsp3) is 0.304. The van der Waals surface area contributed by atoms with Crippen LogP contribution in [0.1, 0.15) is 44.6 Å². The van der Waals surface area contributed by atoms with E-state index in [9.17, 15) is 0 Å². The molecule has 0 spiro atoms. The third-order valence-electron chi connectivity index (χ3n) is 6.28. The zero-order chi connectivity index (χ0) is 17.5. The van der Waals surface area contributed by atoms with Crippen LogP contribution in [-0.4, -0.2) is 6.88 Å². The van der Waals surface area contributed by atoms with Crippen LogP contribution < -0.4 is 0 Å². The fourth-order valence-electron chi connectivity index (χ4n) is 4.74. The van der Waals surface area contributed by atoms with Crippen LogP contribution >= 0.6 is 24.8 Å². The van der Waals surface area contributed by atoms with E-state index in [0.717, 1.165) is 3.63 Å². The number of hydrogen-bond donors (Lipinski definition) is 0. The Morgan fingerprint density at radius 3 is 2.07 bits per heavy atom. The number of halogens is 2. The fourth-order valence-corrected chi connectivity index (χ4v) is 17.6. The second-order valence-corrected chi connectivity index (χ2v) is 41.1. The molecule has 0 heterocycles. The second-order valence-electron chi connectivity index (χ2n) is 9.10. The maximum absolute atomic E-state index is 2.75. The number of rotatable bonds is 5. The third kappa shape index (κ3) is 4.61. The Bertz CT molecular complexity index is 939. The topological polar surface area (TPSA) is 0 Å². The van der Waals surface area contributed by atoms with E-state index in [-0.39, 0.29) is 24.8 Å². The molecule has 2 aliphatic rings. The summed E-state index contributed by atoms with van der Waals surface area (Å²) in [5, 5.41) is 0. The monoisotopic (exact) mass is 494 g/mol. The van der Waals surface area contributed by atoms with E-state index >= 15 is 0 Å². The van der Waals surface area contributed by atoms with Gasteiger partial charge in [0.25, 0.3) is 0 Å². The number of hydrogen-bond acceptors (Lipinski definition) is 0. The molecule has 4 heteroatoms. The summed E-state index contributed by atoms with van der Waals surface area (Å²) in [5.74, 6) is 0.636. The van der Waals surface area contributed by atoms with E-state index in [2.05, 4.69) is 89.0 Å². The van der Waals surface area contributed by atoms with Crippen molar-refractivity contribution in [1.82, 2.24) is 0 Å². The molecule has 2 aromatic rings. The van der Waals surface area contributed by atoms with Gasteiger partial charge in [-0.2, -0.15) is 0 Å². The van der Waals surface area contributed by atoms with Crippen molar-refractivity contribution in [3.8, 4) is 0 Å². The van der Waals surface area contributed by atoms with Crippen LogP contribution in [0.5, 0.6) is 0 Å². The standard InChI is InChI=1S/C12H13.C9H7.2CH3.2ClH.H2Si.Zr/c1-2-5-10-8-9-11-6-3-4-7-12(10)11;1-2-5-9-7-3-6-8(9)4-1;;;;;;/h3-4,6-10H,1-2,5H2;1-7H;2*1H3;2*1H;1H2;. The molecule has 0 fully saturated rings. The Morgan fingerprint density at radius 1 is 0.815 bits per heavy atom. The van der Waals surface area contributed by atoms with E-state index in [0.29, 0.717) is 5.92 Å². The molecular formula is C23H30Cl2SiZr. The third-order valence-corrected chi connectivity index (χ3v) is 22.3. The predicted molar refractivity (Wildman–Crippen MR) is 125 cm³/mol. The minimum absolute atomic E-state index is 0. The summed E-state index contributed by atoms with van der Waals surface area (Å²) in [6, 6.07) is 17.9. The van der Waals surface area contributed by atoms with Gasteiger partial charge in [-0.05, 0) is 0 Å². The first-order chi connectivity index (χ1) is 11.9. The molecule has 2 aliphatic carbocycles. The normalized spacial score (nSPS) is 19.8. The Labute approximate surface area is 178 Å². The Kier molecular flexibility index (Phi) is 7.24. The van der Waals surface area contributed by atoms with Crippen molar-refractivity contribution in [3.63, 3.8) is 0 Å². The van der Waals surface area contributed by atoms with Crippen molar-refractivity contribution in [2.75, 3.05) is 0 Å². The minimum atomic E-state index is -2.75. The van der Waals surface area contributed by atoms with Crippen LogP contribution in [0.25, 0.3) is 12.2 Å². The zero-order valence-corrected chi connectivity index (χ0v) is 21.7. The SMILES string of the molecule is Cl.Cl.[CH3][Zr]([CH3])(=[SiH2])([CH2]CCC1C=Cc2ccccc21)[CH]1C=Cc2ccccc21. The molecule has 0 saturated carbocycles. The molecule has 0 aliphatic heterocycles. The summed E-state index contributed by atoms with van der Waals surface area (Å²) >= 11 is -2.75. The Morgan fingerprint density at radius 2 is 1.37 bits per heavy atom. The Balaban J connectivity index is 0.00000131. The average Bonchev–Trinajstić information content (AvgIpc) is 3.19. The van der Waals surface area contributed by atoms with Gasteiger partial charge >= 0.3 is 155 Å². The van der Waals surface area contributed by atoms with Gasteiger partial charge in [0.15, 0.2) is 0 Å². The zero-order valence-electron chi connectivity index (χ0n) is 16.2. The van der Waals surface area contributed by atoms with E-state index in [1.54, 1.807) is 5.56 Å². The summed E-state index contributed by atoms with van der Waals surface area (Å²) in [4.78, 5) is 0. The first-order valence-corrected chi connectivity index (χ1v) is 23.5. The van der Waals surface area contributed by atoms with Crippen molar-refractivity contribution in [3.05, 3.63) is 82.9 Å². The summed E-state index contributed by atoms with van der Waals surface area (Å²) in [7, 11) is 0. The quantitative estimate of drug-likeness (QED) is 0.393. The summed E-state index contributed by atoms with van der Waals surface area (Å²) < 4.78 is 7.53. The predicted octanol–water partition coefficient (Wildman–Crippen LogP) is 6.94. The molecule has 2 aromatic carbocycles. The number of fused-ring (bicyclic) bond motifs is 2. The molecule has 0 aromatic heterocycles. The summed E-state index contributed by atoms with van der Waals surface area (Å²) in [6.07, 6.45) is 12.3.